The first-order chi connectivity index (χ1) is 37.3. The number of fused-ring (bicyclic) bond motifs is 6. The topological polar surface area (TPSA) is 0 Å². The SMILES string of the molecule is Cl.Cl.[CH3][Zr]([CH3])(=[SiH2])([CH]1C(Cc2ccccc2)=Cc2c(-c3cccc4ccccc34)ccc(-c3cccc4ccccc34)c21)[CH]1C(Cc2ccccc2)=Cc2c(-c3cccc4ccccc34)ccc(-c3cccc4ccccc34)c21. The van der Waals surface area contributed by atoms with Crippen LogP contribution in [-0.2, 0) is 30.2 Å². The molecule has 4 heteroatoms. The van der Waals surface area contributed by atoms with Gasteiger partial charge in [0.2, 0.25) is 0 Å². The van der Waals surface area contributed by atoms with Crippen LogP contribution in [0.1, 0.15) is 40.6 Å². The zero-order chi connectivity index (χ0) is 51.0. The van der Waals surface area contributed by atoms with Crippen LogP contribution in [0.4, 0.5) is 0 Å². The van der Waals surface area contributed by atoms with Gasteiger partial charge in [0.25, 0.3) is 0 Å². The van der Waals surface area contributed by atoms with Crippen molar-refractivity contribution in [2.75, 3.05) is 0 Å². The Hall–Kier alpha value is -7.16. The summed E-state index contributed by atoms with van der Waals surface area (Å²) in [5.74, 6) is 0. The van der Waals surface area contributed by atoms with Crippen LogP contribution in [0.15, 0.2) is 266 Å². The quantitative estimate of drug-likeness (QED) is 0.120. The minimum atomic E-state index is -4.67. The molecule has 78 heavy (non-hydrogen) atoms. The zero-order valence-electron chi connectivity index (χ0n) is 44.0. The summed E-state index contributed by atoms with van der Waals surface area (Å²) < 4.78 is 6.11. The van der Waals surface area contributed by atoms with Gasteiger partial charge in [-0.25, -0.2) is 0 Å². The van der Waals surface area contributed by atoms with Crippen LogP contribution in [0.25, 0.3) is 99.7 Å². The Morgan fingerprint density at radius 3 is 0.897 bits per heavy atom. The van der Waals surface area contributed by atoms with Gasteiger partial charge in [-0.05, 0) is 0 Å². The van der Waals surface area contributed by atoms with Crippen molar-refractivity contribution in [1.82, 2.24) is 0 Å². The number of halogens is 2. The molecule has 2 atom stereocenters. The summed E-state index contributed by atoms with van der Waals surface area (Å²) in [4.78, 5) is 0. The molecule has 0 fully saturated rings. The molecule has 0 radical (unpaired) electrons. The molecule has 12 aromatic rings. The van der Waals surface area contributed by atoms with Crippen LogP contribution in [0.3, 0.4) is 0 Å². The zero-order valence-corrected chi connectivity index (χ0v) is 49.5. The van der Waals surface area contributed by atoms with E-state index in [1.54, 1.807) is 11.1 Å². The number of hydrogen-bond acceptors (Lipinski definition) is 0. The molecule has 0 bridgehead atoms. The van der Waals surface area contributed by atoms with Gasteiger partial charge in [0, 0.05) is 0 Å². The van der Waals surface area contributed by atoms with Crippen molar-refractivity contribution < 1.29 is 17.4 Å². The Kier molecular flexibility index (Phi) is 13.6. The second-order valence-electron chi connectivity index (χ2n) is 22.6. The van der Waals surface area contributed by atoms with Crippen molar-refractivity contribution in [3.8, 4) is 44.5 Å². The normalized spacial score (nSPS) is 14.9. The van der Waals surface area contributed by atoms with E-state index in [0.717, 1.165) is 12.8 Å². The Labute approximate surface area is 473 Å². The first kappa shape index (κ1) is 51.6. The molecule has 0 amide bonds. The minimum absolute atomic E-state index is 0. The van der Waals surface area contributed by atoms with Crippen molar-refractivity contribution >= 4 is 86.9 Å². The molecular formula is C74H60Cl2SiZr. The van der Waals surface area contributed by atoms with Gasteiger partial charge in [0.15, 0.2) is 0 Å². The Morgan fingerprint density at radius 1 is 0.295 bits per heavy atom. The van der Waals surface area contributed by atoms with Crippen molar-refractivity contribution in [3.05, 3.63) is 299 Å². The monoisotopic (exact) mass is 1140 g/mol. The number of benzene rings is 12. The summed E-state index contributed by atoms with van der Waals surface area (Å²) in [7, 11) is 0. The standard InChI is InChI=1S/2C36H25.2CH3.2ClH.H2Si.Zr/c2*1-2-10-25(11-3-1)22-26-23-35-33(31-18-8-14-27-12-4-6-16-29(27)31)20-21-34(36(35)24-26)32-19-9-15-28-13-5-7-17-30(28)32;;;;;;/h2*1-21,23-24H,22H2;2*1H3;2*1H;1H2;. The third kappa shape index (κ3) is 8.70. The van der Waals surface area contributed by atoms with E-state index in [1.807, 2.05) is 0 Å². The molecule has 0 saturated carbocycles. The van der Waals surface area contributed by atoms with E-state index < -0.39 is 17.4 Å². The van der Waals surface area contributed by atoms with Crippen LogP contribution in [-0.4, -0.2) is 6.88 Å². The molecule has 378 valence electrons. The predicted molar refractivity (Wildman–Crippen MR) is 341 cm³/mol. The Morgan fingerprint density at radius 2 is 0.564 bits per heavy atom. The molecule has 0 aromatic heterocycles. The van der Waals surface area contributed by atoms with Gasteiger partial charge in [-0.3, -0.25) is 0 Å². The van der Waals surface area contributed by atoms with Gasteiger partial charge in [-0.15, -0.1) is 24.8 Å². The number of hydrogen-bond donors (Lipinski definition) is 0. The molecule has 0 saturated heterocycles. The molecular weight excluding hydrogens is 1080 g/mol. The first-order valence-corrected chi connectivity index (χ1v) is 40.8. The first-order valence-electron chi connectivity index (χ1n) is 27.1. The third-order valence-corrected chi connectivity index (χ3v) is 34.7. The molecule has 14 rings (SSSR count). The van der Waals surface area contributed by atoms with Gasteiger partial charge in [0.1, 0.15) is 0 Å². The Bertz CT molecular complexity index is 4150. The summed E-state index contributed by atoms with van der Waals surface area (Å²) in [6.07, 6.45) is 7.16. The van der Waals surface area contributed by atoms with Crippen LogP contribution >= 0.6 is 24.8 Å². The van der Waals surface area contributed by atoms with Gasteiger partial charge in [-0.1, -0.05) is 0 Å². The average molecular weight is 1140 g/mol. The van der Waals surface area contributed by atoms with Crippen LogP contribution in [0, 0.1) is 0 Å². The molecule has 0 aliphatic heterocycles. The number of allylic oxidation sites excluding steroid dienone is 2. The van der Waals surface area contributed by atoms with Crippen molar-refractivity contribution in [2.45, 2.75) is 29.4 Å². The summed E-state index contributed by atoms with van der Waals surface area (Å²) in [5.41, 5.74) is 22.2. The number of rotatable bonds is 10. The second kappa shape index (κ2) is 20.6. The molecule has 2 aliphatic carbocycles. The van der Waals surface area contributed by atoms with E-state index >= 15 is 0 Å². The van der Waals surface area contributed by atoms with Crippen LogP contribution < -0.4 is 0 Å². The van der Waals surface area contributed by atoms with Gasteiger partial charge in [-0.2, -0.15) is 0 Å². The summed E-state index contributed by atoms with van der Waals surface area (Å²) in [6, 6.07) is 96.3. The summed E-state index contributed by atoms with van der Waals surface area (Å²) in [5, 5.41) is 10.3. The van der Waals surface area contributed by atoms with E-state index in [1.165, 1.54) is 121 Å². The molecule has 0 nitrogen and oxygen atoms in total. The average Bonchev–Trinajstić information content (AvgIpc) is 4.26. The molecule has 0 spiro atoms. The van der Waals surface area contributed by atoms with E-state index in [0.29, 0.717) is 0 Å². The maximum atomic E-state index is 2.87. The van der Waals surface area contributed by atoms with Crippen molar-refractivity contribution in [1.29, 1.82) is 0 Å². The summed E-state index contributed by atoms with van der Waals surface area (Å²) in [6.45, 7) is 2.50. The Balaban J connectivity index is 0.00000305. The summed E-state index contributed by atoms with van der Waals surface area (Å²) >= 11 is -4.67. The van der Waals surface area contributed by atoms with E-state index in [2.05, 4.69) is 283 Å². The molecule has 0 heterocycles. The van der Waals surface area contributed by atoms with E-state index in [-0.39, 0.29) is 32.1 Å². The molecule has 12 aromatic carbocycles. The van der Waals surface area contributed by atoms with E-state index in [9.17, 15) is 0 Å². The van der Waals surface area contributed by atoms with Gasteiger partial charge < -0.3 is 0 Å². The maximum absolute atomic E-state index is 4.67. The van der Waals surface area contributed by atoms with Crippen molar-refractivity contribution in [2.24, 2.45) is 0 Å². The van der Waals surface area contributed by atoms with Gasteiger partial charge in [0.05, 0.1) is 0 Å². The fourth-order valence-electron chi connectivity index (χ4n) is 14.2. The fraction of sp³-hybridized carbons (Fsp3) is 0.0811. The van der Waals surface area contributed by atoms with Gasteiger partial charge >= 0.3 is 453 Å². The third-order valence-electron chi connectivity index (χ3n) is 17.3. The van der Waals surface area contributed by atoms with E-state index in [4.69, 9.17) is 0 Å². The predicted octanol–water partition coefficient (Wildman–Crippen LogP) is 20.2. The molecule has 0 N–H and O–H groups in total. The van der Waals surface area contributed by atoms with Crippen LogP contribution in [0.5, 0.6) is 0 Å². The molecule has 2 aliphatic rings. The fourth-order valence-corrected chi connectivity index (χ4v) is 33.6. The van der Waals surface area contributed by atoms with Crippen molar-refractivity contribution in [3.63, 3.8) is 0 Å². The molecule has 2 unspecified atom stereocenters. The van der Waals surface area contributed by atoms with Crippen LogP contribution in [0.2, 0.25) is 9.26 Å². The second-order valence-corrected chi connectivity index (χ2v) is 53.1.